The minimum atomic E-state index is -0.183. The van der Waals surface area contributed by atoms with Crippen LogP contribution in [-0.2, 0) is 4.79 Å². The van der Waals surface area contributed by atoms with Gasteiger partial charge in [-0.15, -0.1) is 0 Å². The van der Waals surface area contributed by atoms with Gasteiger partial charge >= 0.3 is 0 Å². The van der Waals surface area contributed by atoms with Gasteiger partial charge in [0.25, 0.3) is 0 Å². The number of hydrogen-bond acceptors (Lipinski definition) is 2. The van der Waals surface area contributed by atoms with E-state index in [1.165, 1.54) is 19.3 Å². The van der Waals surface area contributed by atoms with Gasteiger partial charge in [-0.3, -0.25) is 10.1 Å². The Morgan fingerprint density at radius 3 is 2.65 bits per heavy atom. The third-order valence-electron chi connectivity index (χ3n) is 4.26. The van der Waals surface area contributed by atoms with Crippen LogP contribution >= 0.6 is 0 Å². The molecule has 1 unspecified atom stereocenters. The number of carbonyl (C=O) groups is 1. The molecule has 3 nitrogen and oxygen atoms in total. The molecule has 1 atom stereocenters. The molecule has 1 heterocycles. The Morgan fingerprint density at radius 1 is 1.41 bits per heavy atom. The second kappa shape index (κ2) is 4.97. The molecule has 0 aromatic rings. The van der Waals surface area contributed by atoms with Crippen molar-refractivity contribution in [3.05, 3.63) is 0 Å². The van der Waals surface area contributed by atoms with Crippen molar-refractivity contribution in [3.8, 4) is 0 Å². The van der Waals surface area contributed by atoms with Crippen LogP contribution < -0.4 is 5.32 Å². The second-order valence-electron chi connectivity index (χ2n) is 6.14. The highest BCUT2D eigenvalue weighted by atomic mass is 16.2. The predicted molar refractivity (Wildman–Crippen MR) is 69.6 cm³/mol. The Morgan fingerprint density at radius 2 is 2.06 bits per heavy atom. The smallest absolute Gasteiger partial charge is 0.244 e. The molecule has 0 bridgehead atoms. The van der Waals surface area contributed by atoms with Crippen LogP contribution in [0.3, 0.4) is 0 Å². The first kappa shape index (κ1) is 12.9. The molecule has 17 heavy (non-hydrogen) atoms. The fourth-order valence-corrected chi connectivity index (χ4v) is 3.29. The quantitative estimate of drug-likeness (QED) is 0.816. The van der Waals surface area contributed by atoms with Gasteiger partial charge in [-0.25, -0.2) is 0 Å². The maximum atomic E-state index is 12.5. The lowest BCUT2D eigenvalue weighted by molar-refractivity contribution is -0.133. The number of amides is 1. The number of nitrogens with one attached hydrogen (secondary N) is 1. The molecule has 1 aliphatic carbocycles. The third kappa shape index (κ3) is 2.49. The highest BCUT2D eigenvalue weighted by Gasteiger charge is 2.50. The molecule has 0 aromatic carbocycles. The molecule has 2 aliphatic rings. The largest absolute Gasteiger partial charge is 0.326 e. The van der Waals surface area contributed by atoms with Gasteiger partial charge in [0.05, 0.1) is 11.7 Å². The van der Waals surface area contributed by atoms with Crippen molar-refractivity contribution in [2.24, 2.45) is 5.92 Å². The summed E-state index contributed by atoms with van der Waals surface area (Å²) in [7, 11) is 0. The SMILES string of the molecule is CC(C)CCCN1C(=O)C2(CCCC2)NC1C. The van der Waals surface area contributed by atoms with Crippen molar-refractivity contribution in [2.75, 3.05) is 6.54 Å². The van der Waals surface area contributed by atoms with Crippen LogP contribution in [0, 0.1) is 5.92 Å². The number of rotatable bonds is 4. The minimum absolute atomic E-state index is 0.183. The standard InChI is InChI=1S/C14H26N2O/c1-11(2)7-6-10-16-12(3)15-14(13(16)17)8-4-5-9-14/h11-12,15H,4-10H2,1-3H3. The van der Waals surface area contributed by atoms with E-state index >= 15 is 0 Å². The fourth-order valence-electron chi connectivity index (χ4n) is 3.29. The zero-order valence-corrected chi connectivity index (χ0v) is 11.5. The van der Waals surface area contributed by atoms with Gasteiger partial charge in [-0.2, -0.15) is 0 Å². The highest BCUT2D eigenvalue weighted by Crippen LogP contribution is 2.36. The summed E-state index contributed by atoms with van der Waals surface area (Å²) in [5.41, 5.74) is -0.183. The number of carbonyl (C=O) groups excluding carboxylic acids is 1. The van der Waals surface area contributed by atoms with E-state index in [1.54, 1.807) is 0 Å². The summed E-state index contributed by atoms with van der Waals surface area (Å²) >= 11 is 0. The molecule has 0 aromatic heterocycles. The van der Waals surface area contributed by atoms with Gasteiger partial charge in [0.2, 0.25) is 5.91 Å². The van der Waals surface area contributed by atoms with Crippen LogP contribution in [0.5, 0.6) is 0 Å². The average molecular weight is 238 g/mol. The van der Waals surface area contributed by atoms with Crippen LogP contribution in [0.4, 0.5) is 0 Å². The molecule has 1 saturated heterocycles. The number of nitrogens with zero attached hydrogens (tertiary/aromatic N) is 1. The van der Waals surface area contributed by atoms with Crippen molar-refractivity contribution in [3.63, 3.8) is 0 Å². The Balaban J connectivity index is 1.92. The predicted octanol–water partition coefficient (Wildman–Crippen LogP) is 2.51. The normalized spacial score (nSPS) is 27.6. The first-order chi connectivity index (χ1) is 8.05. The first-order valence-electron chi connectivity index (χ1n) is 7.14. The molecule has 2 rings (SSSR count). The Bertz CT molecular complexity index is 282. The molecule has 2 fully saturated rings. The maximum absolute atomic E-state index is 12.5. The molecule has 98 valence electrons. The second-order valence-corrected chi connectivity index (χ2v) is 6.14. The topological polar surface area (TPSA) is 32.3 Å². The molecule has 1 N–H and O–H groups in total. The van der Waals surface area contributed by atoms with Crippen molar-refractivity contribution in [1.29, 1.82) is 0 Å². The van der Waals surface area contributed by atoms with E-state index in [1.807, 2.05) is 0 Å². The summed E-state index contributed by atoms with van der Waals surface area (Å²) in [6, 6.07) is 0. The van der Waals surface area contributed by atoms with Gasteiger partial charge in [0, 0.05) is 6.54 Å². The van der Waals surface area contributed by atoms with E-state index < -0.39 is 0 Å². The van der Waals surface area contributed by atoms with E-state index in [0.717, 1.165) is 31.7 Å². The molecule has 0 radical (unpaired) electrons. The third-order valence-corrected chi connectivity index (χ3v) is 4.26. The monoisotopic (exact) mass is 238 g/mol. The van der Waals surface area contributed by atoms with E-state index in [2.05, 4.69) is 31.0 Å². The van der Waals surface area contributed by atoms with Gasteiger partial charge in [-0.05, 0) is 38.5 Å². The van der Waals surface area contributed by atoms with E-state index in [9.17, 15) is 4.79 Å². The molecular formula is C14H26N2O. The summed E-state index contributed by atoms with van der Waals surface area (Å²) in [5, 5.41) is 3.54. The van der Waals surface area contributed by atoms with Gasteiger partial charge < -0.3 is 4.90 Å². The van der Waals surface area contributed by atoms with Gasteiger partial charge in [-0.1, -0.05) is 26.7 Å². The van der Waals surface area contributed by atoms with Crippen LogP contribution in [0.2, 0.25) is 0 Å². The summed E-state index contributed by atoms with van der Waals surface area (Å²) in [4.78, 5) is 14.5. The number of hydrogen-bond donors (Lipinski definition) is 1. The highest BCUT2D eigenvalue weighted by molar-refractivity contribution is 5.89. The first-order valence-corrected chi connectivity index (χ1v) is 7.14. The lowest BCUT2D eigenvalue weighted by Crippen LogP contribution is -2.44. The molecular weight excluding hydrogens is 212 g/mol. The zero-order chi connectivity index (χ0) is 12.5. The van der Waals surface area contributed by atoms with Crippen LogP contribution in [-0.4, -0.2) is 29.1 Å². The fraction of sp³-hybridized carbons (Fsp3) is 0.929. The van der Waals surface area contributed by atoms with Crippen LogP contribution in [0.1, 0.15) is 59.3 Å². The van der Waals surface area contributed by atoms with Crippen molar-refractivity contribution >= 4 is 5.91 Å². The van der Waals surface area contributed by atoms with Gasteiger partial charge in [0.1, 0.15) is 0 Å². The van der Waals surface area contributed by atoms with Crippen molar-refractivity contribution in [2.45, 2.75) is 71.0 Å². The molecule has 3 heteroatoms. The Labute approximate surface area is 105 Å². The Hall–Kier alpha value is -0.570. The molecule has 1 spiro atoms. The minimum Gasteiger partial charge on any atom is -0.326 e. The van der Waals surface area contributed by atoms with E-state index in [0.29, 0.717) is 5.91 Å². The lowest BCUT2D eigenvalue weighted by atomic mass is 9.98. The maximum Gasteiger partial charge on any atom is 0.244 e. The van der Waals surface area contributed by atoms with Crippen molar-refractivity contribution < 1.29 is 4.79 Å². The Kier molecular flexibility index (Phi) is 3.76. The van der Waals surface area contributed by atoms with Crippen molar-refractivity contribution in [1.82, 2.24) is 10.2 Å². The average Bonchev–Trinajstić information content (AvgIpc) is 2.80. The summed E-state index contributed by atoms with van der Waals surface area (Å²) in [6.45, 7) is 7.53. The molecule has 1 aliphatic heterocycles. The van der Waals surface area contributed by atoms with E-state index in [4.69, 9.17) is 0 Å². The van der Waals surface area contributed by atoms with Gasteiger partial charge in [0.15, 0.2) is 0 Å². The summed E-state index contributed by atoms with van der Waals surface area (Å²) < 4.78 is 0. The van der Waals surface area contributed by atoms with Crippen LogP contribution in [0.25, 0.3) is 0 Å². The molecule has 1 amide bonds. The zero-order valence-electron chi connectivity index (χ0n) is 11.5. The summed E-state index contributed by atoms with van der Waals surface area (Å²) in [5.74, 6) is 1.10. The van der Waals surface area contributed by atoms with Crippen LogP contribution in [0.15, 0.2) is 0 Å². The van der Waals surface area contributed by atoms with E-state index in [-0.39, 0.29) is 11.7 Å². The lowest BCUT2D eigenvalue weighted by Gasteiger charge is -2.22. The summed E-state index contributed by atoms with van der Waals surface area (Å²) in [6.07, 6.45) is 7.05. The molecule has 1 saturated carbocycles.